The molecule has 0 aliphatic heterocycles. The average molecular weight is 230 g/mol. The summed E-state index contributed by atoms with van der Waals surface area (Å²) in [6, 6.07) is 0. The van der Waals surface area contributed by atoms with Crippen molar-refractivity contribution < 1.29 is 33.3 Å². The topological polar surface area (TPSA) is 105 Å². The summed E-state index contributed by atoms with van der Waals surface area (Å²) < 4.78 is 13.0. The van der Waals surface area contributed by atoms with E-state index in [0.717, 1.165) is 0 Å². The first-order valence-electron chi connectivity index (χ1n) is 3.95. The van der Waals surface area contributed by atoms with Gasteiger partial charge in [-0.15, -0.1) is 0 Å². The molecule has 0 radical (unpaired) electrons. The Labute approximate surface area is 81.6 Å². The molecular weight excluding hydrogens is 215 g/mol. The van der Waals surface area contributed by atoms with Crippen LogP contribution in [-0.2, 0) is 18.6 Å². The van der Waals surface area contributed by atoms with Crippen molar-refractivity contribution in [1.82, 2.24) is 0 Å². The molecule has 86 valence electrons. The average Bonchev–Trinajstić information content (AvgIpc) is 1.97. The third kappa shape index (κ3) is 7.14. The summed E-state index contributed by atoms with van der Waals surface area (Å²) in [6.45, 7) is 1.98. The molecule has 0 spiro atoms. The van der Waals surface area contributed by atoms with E-state index in [1.807, 2.05) is 0 Å². The Hall–Kier alpha value is -0.300. The first kappa shape index (κ1) is 13.7. The van der Waals surface area contributed by atoms with Crippen LogP contribution in [0, 0.1) is 0 Å². The van der Waals surface area contributed by atoms with Gasteiger partial charge >= 0.3 is 80.6 Å². The molecule has 0 saturated heterocycles. The first-order valence-corrected chi connectivity index (χ1v) is 5.88. The Kier molecular flexibility index (Phi) is 4.87. The second kappa shape index (κ2) is 4.97. The Morgan fingerprint density at radius 1 is 1.21 bits per heavy atom. The number of hydrogen-bond donors (Lipinski definition) is 3. The number of esters is 1. The first-order chi connectivity index (χ1) is 6.24. The van der Waals surface area contributed by atoms with Crippen LogP contribution in [0.5, 0.6) is 0 Å². The summed E-state index contributed by atoms with van der Waals surface area (Å²) in [5, 5.41) is 0. The van der Waals surface area contributed by atoms with Gasteiger partial charge in [0.15, 0.2) is 0 Å². The van der Waals surface area contributed by atoms with Gasteiger partial charge in [-0.3, -0.25) is 0 Å². The molecule has 14 heavy (non-hydrogen) atoms. The van der Waals surface area contributed by atoms with E-state index in [4.69, 9.17) is 14.7 Å². The summed E-state index contributed by atoms with van der Waals surface area (Å²) in [7, 11) is -5.43. The molecule has 0 fully saturated rings. The van der Waals surface area contributed by atoms with E-state index < -0.39 is 13.7 Å². The summed E-state index contributed by atoms with van der Waals surface area (Å²) in [6.07, 6.45) is 0. The molecule has 0 aromatic heterocycles. The Morgan fingerprint density at radius 3 is 2.21 bits per heavy atom. The molecule has 0 heterocycles. The molecule has 0 amide bonds. The van der Waals surface area contributed by atoms with E-state index in [-0.39, 0.29) is 19.8 Å². The van der Waals surface area contributed by atoms with Crippen molar-refractivity contribution in [3.05, 3.63) is 0 Å². The molecule has 0 atom stereocenters. The molecule has 8 heteroatoms. The molecular formula is C6H15O7P. The van der Waals surface area contributed by atoms with Gasteiger partial charge in [-0.25, -0.2) is 0 Å². The van der Waals surface area contributed by atoms with Crippen molar-refractivity contribution in [3.8, 4) is 0 Å². The van der Waals surface area contributed by atoms with Crippen molar-refractivity contribution in [1.29, 1.82) is 0 Å². The van der Waals surface area contributed by atoms with Gasteiger partial charge in [0.25, 0.3) is 0 Å². The van der Waals surface area contributed by atoms with Crippen molar-refractivity contribution in [2.45, 2.75) is 13.8 Å². The van der Waals surface area contributed by atoms with Gasteiger partial charge in [0.05, 0.1) is 0 Å². The fraction of sp³-hybridized carbons (Fsp3) is 0.833. The van der Waals surface area contributed by atoms with Gasteiger partial charge < -0.3 is 0 Å². The van der Waals surface area contributed by atoms with Crippen molar-refractivity contribution in [3.63, 3.8) is 0 Å². The number of rotatable bonds is 6. The van der Waals surface area contributed by atoms with Gasteiger partial charge in [0, 0.05) is 0 Å². The van der Waals surface area contributed by atoms with E-state index >= 15 is 0 Å². The van der Waals surface area contributed by atoms with Crippen molar-refractivity contribution in [2.75, 3.05) is 19.8 Å². The second-order valence-electron chi connectivity index (χ2n) is 2.42. The number of hydrogen-bond acceptors (Lipinski definition) is 7. The molecule has 0 rings (SSSR count). The molecule has 0 aliphatic rings. The molecule has 0 aromatic carbocycles. The Bertz CT molecular complexity index is 196. The summed E-state index contributed by atoms with van der Waals surface area (Å²) in [5.74, 6) is -0.529. The van der Waals surface area contributed by atoms with Crippen LogP contribution in [0.15, 0.2) is 0 Å². The number of carbonyl (C=O) groups is 1. The monoisotopic (exact) mass is 230 g/mol. The summed E-state index contributed by atoms with van der Waals surface area (Å²) in [4.78, 5) is 37.3. The quantitative estimate of drug-likeness (QED) is 0.327. The Balaban J connectivity index is 3.80. The van der Waals surface area contributed by atoms with E-state index in [0.29, 0.717) is 0 Å². The van der Waals surface area contributed by atoms with Crippen LogP contribution in [-0.4, -0.2) is 40.5 Å². The molecule has 0 unspecified atom stereocenters. The van der Waals surface area contributed by atoms with Crippen LogP contribution in [0.2, 0.25) is 0 Å². The van der Waals surface area contributed by atoms with Crippen molar-refractivity contribution >= 4 is 13.7 Å². The molecule has 7 nitrogen and oxygen atoms in total. The fourth-order valence-corrected chi connectivity index (χ4v) is 1.57. The van der Waals surface area contributed by atoms with Crippen LogP contribution >= 0.6 is 7.74 Å². The van der Waals surface area contributed by atoms with Crippen LogP contribution in [0.1, 0.15) is 13.8 Å². The van der Waals surface area contributed by atoms with E-state index in [9.17, 15) is 4.79 Å². The van der Waals surface area contributed by atoms with Crippen LogP contribution in [0.3, 0.4) is 0 Å². The van der Waals surface area contributed by atoms with Gasteiger partial charge in [-0.05, 0) is 0 Å². The van der Waals surface area contributed by atoms with Crippen LogP contribution in [0.25, 0.3) is 0 Å². The molecule has 0 bridgehead atoms. The van der Waals surface area contributed by atoms with Crippen molar-refractivity contribution in [2.24, 2.45) is 0 Å². The zero-order valence-electron chi connectivity index (χ0n) is 8.04. The number of ether oxygens (including phenoxy) is 1. The van der Waals surface area contributed by atoms with Gasteiger partial charge in [-0.1, -0.05) is 0 Å². The van der Waals surface area contributed by atoms with Gasteiger partial charge in [-0.2, -0.15) is 0 Å². The van der Waals surface area contributed by atoms with E-state index in [1.54, 1.807) is 0 Å². The summed E-state index contributed by atoms with van der Waals surface area (Å²) in [5.41, 5.74) is 0. The maximum absolute atomic E-state index is 10.3. The Morgan fingerprint density at radius 2 is 1.79 bits per heavy atom. The minimum absolute atomic E-state index is 0.116. The maximum atomic E-state index is 10.3. The number of carbonyl (C=O) groups excluding carboxylic acids is 1. The predicted molar refractivity (Wildman–Crippen MR) is 47.8 cm³/mol. The van der Waals surface area contributed by atoms with Gasteiger partial charge in [0.1, 0.15) is 0 Å². The zero-order chi connectivity index (χ0) is 11.3. The zero-order valence-corrected chi connectivity index (χ0v) is 8.94. The normalized spacial score (nSPS) is 14.5. The molecule has 0 aromatic rings. The SMILES string of the molecule is CCOP(O)(O)(O)OCCOC(C)=O. The molecule has 3 N–H and O–H groups in total. The van der Waals surface area contributed by atoms with Crippen LogP contribution in [0.4, 0.5) is 0 Å². The third-order valence-corrected chi connectivity index (χ3v) is 2.41. The van der Waals surface area contributed by atoms with E-state index in [2.05, 4.69) is 13.8 Å². The van der Waals surface area contributed by atoms with E-state index in [1.165, 1.54) is 13.8 Å². The van der Waals surface area contributed by atoms with Crippen LogP contribution < -0.4 is 0 Å². The second-order valence-corrected chi connectivity index (χ2v) is 4.61. The standard InChI is InChI=1S/C6H15O7P/c1-3-12-14(8,9,10)13-5-4-11-6(2)7/h8-10H,3-5H2,1-2H3. The minimum atomic E-state index is -5.43. The molecule has 0 aliphatic carbocycles. The summed E-state index contributed by atoms with van der Waals surface area (Å²) >= 11 is 0. The predicted octanol–water partition coefficient (Wildman–Crippen LogP) is -0.292. The fourth-order valence-electron chi connectivity index (χ4n) is 0.646. The third-order valence-electron chi connectivity index (χ3n) is 1.06. The van der Waals surface area contributed by atoms with Gasteiger partial charge in [0.2, 0.25) is 0 Å². The molecule has 0 saturated carbocycles.